The van der Waals surface area contributed by atoms with Gasteiger partial charge in [0.15, 0.2) is 0 Å². The molecule has 21 heavy (non-hydrogen) atoms. The molecule has 0 aliphatic heterocycles. The van der Waals surface area contributed by atoms with Gasteiger partial charge in [0.25, 0.3) is 0 Å². The predicted octanol–water partition coefficient (Wildman–Crippen LogP) is 4.23. The van der Waals surface area contributed by atoms with Gasteiger partial charge in [-0.1, -0.05) is 58.0 Å². The van der Waals surface area contributed by atoms with Gasteiger partial charge in [-0.05, 0) is 17.7 Å². The van der Waals surface area contributed by atoms with Crippen molar-refractivity contribution in [3.8, 4) is 0 Å². The molecule has 2 aromatic rings. The second-order valence-corrected chi connectivity index (χ2v) is 6.32. The number of carboxylic acids is 1. The third kappa shape index (κ3) is 3.30. The van der Waals surface area contributed by atoms with Crippen molar-refractivity contribution < 1.29 is 9.90 Å². The number of carbonyl (C=O) groups is 1. The molecule has 0 saturated heterocycles. The summed E-state index contributed by atoms with van der Waals surface area (Å²) in [5.74, 6) is -0.986. The van der Waals surface area contributed by atoms with Crippen LogP contribution in [0.4, 0.5) is 0 Å². The zero-order chi connectivity index (χ0) is 15.6. The molecule has 1 unspecified atom stereocenters. The van der Waals surface area contributed by atoms with Crippen LogP contribution in [-0.2, 0) is 5.41 Å². The number of rotatable bonds is 3. The molecule has 0 saturated carbocycles. The van der Waals surface area contributed by atoms with Crippen LogP contribution in [-0.4, -0.2) is 16.1 Å². The Morgan fingerprint density at radius 3 is 2.24 bits per heavy atom. The highest BCUT2D eigenvalue weighted by molar-refractivity contribution is 5.89. The fraction of sp³-hybridized carbons (Fsp3) is 0.333. The lowest BCUT2D eigenvalue weighted by atomic mass is 9.88. The highest BCUT2D eigenvalue weighted by Gasteiger charge is 2.23. The first-order chi connectivity index (χ1) is 9.80. The fourth-order valence-electron chi connectivity index (χ4n) is 2.30. The van der Waals surface area contributed by atoms with Gasteiger partial charge in [-0.3, -0.25) is 4.98 Å². The number of nitrogens with zero attached hydrogens (tertiary/aromatic N) is 1. The van der Waals surface area contributed by atoms with Gasteiger partial charge in [-0.2, -0.15) is 0 Å². The molecule has 0 bridgehead atoms. The number of hydrogen-bond acceptors (Lipinski definition) is 2. The summed E-state index contributed by atoms with van der Waals surface area (Å²) in [5, 5.41) is 9.42. The average Bonchev–Trinajstić information content (AvgIpc) is 2.45. The van der Waals surface area contributed by atoms with Crippen molar-refractivity contribution in [2.24, 2.45) is 0 Å². The van der Waals surface area contributed by atoms with Crippen LogP contribution in [0, 0.1) is 0 Å². The Bertz CT molecular complexity index is 642. The van der Waals surface area contributed by atoms with Gasteiger partial charge in [0, 0.05) is 17.0 Å². The summed E-state index contributed by atoms with van der Waals surface area (Å²) < 4.78 is 0. The SMILES string of the molecule is CC(c1ccccc1)c1nc(C(C)(C)C)ccc1C(=O)O. The van der Waals surface area contributed by atoms with Crippen molar-refractivity contribution in [3.63, 3.8) is 0 Å². The second-order valence-electron chi connectivity index (χ2n) is 6.32. The van der Waals surface area contributed by atoms with Gasteiger partial charge >= 0.3 is 5.97 Å². The van der Waals surface area contributed by atoms with Crippen LogP contribution in [0.25, 0.3) is 0 Å². The fourth-order valence-corrected chi connectivity index (χ4v) is 2.30. The number of aromatic nitrogens is 1. The van der Waals surface area contributed by atoms with Gasteiger partial charge in [-0.25, -0.2) is 4.79 Å². The molecule has 1 atom stereocenters. The standard InChI is InChI=1S/C18H21NO2/c1-12(13-8-6-5-7-9-13)16-14(17(20)21)10-11-15(19-16)18(2,3)4/h5-12H,1-4H3,(H,20,21). The molecule has 0 aliphatic carbocycles. The Balaban J connectivity index is 2.56. The number of carboxylic acid groups (broad SMARTS) is 1. The highest BCUT2D eigenvalue weighted by Crippen LogP contribution is 2.28. The molecule has 1 aromatic heterocycles. The van der Waals surface area contributed by atoms with Gasteiger partial charge in [-0.15, -0.1) is 0 Å². The third-order valence-corrected chi connectivity index (χ3v) is 3.63. The molecule has 3 heteroatoms. The topological polar surface area (TPSA) is 50.2 Å². The van der Waals surface area contributed by atoms with Crippen molar-refractivity contribution >= 4 is 5.97 Å². The maximum absolute atomic E-state index is 11.5. The van der Waals surface area contributed by atoms with Crippen LogP contribution in [0.1, 0.15) is 60.9 Å². The first-order valence-electron chi connectivity index (χ1n) is 7.10. The Morgan fingerprint density at radius 2 is 1.71 bits per heavy atom. The maximum atomic E-state index is 11.5. The molecular formula is C18H21NO2. The Hall–Kier alpha value is -2.16. The Kier molecular flexibility index (Phi) is 4.12. The van der Waals surface area contributed by atoms with Crippen molar-refractivity contribution in [3.05, 3.63) is 65.0 Å². The number of hydrogen-bond donors (Lipinski definition) is 1. The van der Waals surface area contributed by atoms with E-state index in [1.807, 2.05) is 43.3 Å². The molecule has 0 spiro atoms. The minimum absolute atomic E-state index is 0.0559. The van der Waals surface area contributed by atoms with E-state index in [1.54, 1.807) is 6.07 Å². The maximum Gasteiger partial charge on any atom is 0.337 e. The highest BCUT2D eigenvalue weighted by atomic mass is 16.4. The molecule has 0 aliphatic rings. The van der Waals surface area contributed by atoms with Gasteiger partial charge in [0.1, 0.15) is 0 Å². The van der Waals surface area contributed by atoms with Crippen molar-refractivity contribution in [2.45, 2.75) is 39.0 Å². The third-order valence-electron chi connectivity index (χ3n) is 3.63. The first-order valence-corrected chi connectivity index (χ1v) is 7.10. The quantitative estimate of drug-likeness (QED) is 0.917. The van der Waals surface area contributed by atoms with Crippen LogP contribution in [0.5, 0.6) is 0 Å². The zero-order valence-electron chi connectivity index (χ0n) is 12.9. The van der Waals surface area contributed by atoms with E-state index >= 15 is 0 Å². The Labute approximate surface area is 125 Å². The molecule has 1 aromatic carbocycles. The molecule has 1 heterocycles. The minimum atomic E-state index is -0.930. The smallest absolute Gasteiger partial charge is 0.337 e. The monoisotopic (exact) mass is 283 g/mol. The van der Waals surface area contributed by atoms with Crippen LogP contribution >= 0.6 is 0 Å². The lowest BCUT2D eigenvalue weighted by molar-refractivity contribution is 0.0694. The van der Waals surface area contributed by atoms with Gasteiger partial charge in [0.05, 0.1) is 11.3 Å². The van der Waals surface area contributed by atoms with E-state index in [0.29, 0.717) is 5.69 Å². The van der Waals surface area contributed by atoms with Crippen LogP contribution in [0.3, 0.4) is 0 Å². The van der Waals surface area contributed by atoms with E-state index in [9.17, 15) is 9.90 Å². The van der Waals surface area contributed by atoms with Gasteiger partial charge < -0.3 is 5.11 Å². The lowest BCUT2D eigenvalue weighted by Crippen LogP contribution is -2.18. The molecule has 2 rings (SSSR count). The van der Waals surface area contributed by atoms with Crippen LogP contribution in [0.15, 0.2) is 42.5 Å². The van der Waals surface area contributed by atoms with E-state index in [4.69, 9.17) is 0 Å². The number of benzene rings is 1. The van der Waals surface area contributed by atoms with Crippen LogP contribution in [0.2, 0.25) is 0 Å². The van der Waals surface area contributed by atoms with Crippen molar-refractivity contribution in [2.75, 3.05) is 0 Å². The molecule has 0 amide bonds. The minimum Gasteiger partial charge on any atom is -0.478 e. The van der Waals surface area contributed by atoms with E-state index in [-0.39, 0.29) is 16.9 Å². The molecule has 0 fully saturated rings. The first kappa shape index (κ1) is 15.2. The second kappa shape index (κ2) is 5.68. The predicted molar refractivity (Wildman–Crippen MR) is 83.9 cm³/mol. The van der Waals surface area contributed by atoms with E-state index in [0.717, 1.165) is 11.3 Å². The largest absolute Gasteiger partial charge is 0.478 e. The Morgan fingerprint density at radius 1 is 1.10 bits per heavy atom. The molecule has 110 valence electrons. The summed E-state index contributed by atoms with van der Waals surface area (Å²) >= 11 is 0. The molecule has 0 radical (unpaired) electrons. The molecular weight excluding hydrogens is 262 g/mol. The van der Waals surface area contributed by atoms with E-state index in [2.05, 4.69) is 25.8 Å². The summed E-state index contributed by atoms with van der Waals surface area (Å²) in [6.07, 6.45) is 0. The van der Waals surface area contributed by atoms with Crippen LogP contribution < -0.4 is 0 Å². The van der Waals surface area contributed by atoms with Crippen molar-refractivity contribution in [1.82, 2.24) is 4.98 Å². The summed E-state index contributed by atoms with van der Waals surface area (Å²) in [7, 11) is 0. The summed E-state index contributed by atoms with van der Waals surface area (Å²) in [6.45, 7) is 8.22. The molecule has 1 N–H and O–H groups in total. The number of pyridine rings is 1. The summed E-state index contributed by atoms with van der Waals surface area (Å²) in [6, 6.07) is 13.4. The number of aromatic carboxylic acids is 1. The average molecular weight is 283 g/mol. The summed E-state index contributed by atoms with van der Waals surface area (Å²) in [5.41, 5.74) is 2.77. The normalized spacial score (nSPS) is 13.0. The van der Waals surface area contributed by atoms with Crippen molar-refractivity contribution in [1.29, 1.82) is 0 Å². The summed E-state index contributed by atoms with van der Waals surface area (Å²) in [4.78, 5) is 16.1. The zero-order valence-corrected chi connectivity index (χ0v) is 12.9. The van der Waals surface area contributed by atoms with E-state index < -0.39 is 5.97 Å². The van der Waals surface area contributed by atoms with Gasteiger partial charge in [0.2, 0.25) is 0 Å². The lowest BCUT2D eigenvalue weighted by Gasteiger charge is -2.21. The van der Waals surface area contributed by atoms with E-state index in [1.165, 1.54) is 0 Å². The molecule has 3 nitrogen and oxygen atoms in total.